The minimum absolute atomic E-state index is 0.0616. The molecular formula is C26H29F3N6O. The quantitative estimate of drug-likeness (QED) is 0.477. The standard InChI is InChI=1S/C26H29F3N6O/c1-3-34-7-6-23(22(28)14-34)32-18-9-19(25(29)30-12-18)16-11-31-35(13-16)24-10-20(21(27)8-15(24)2)26(36)33-17-4-5-17/h8-13,17,22-23,32H,3-7,14H2,1-2H3,(H,33,36)/t22-,23+/m1/s1. The van der Waals surface area contributed by atoms with E-state index in [9.17, 15) is 18.0 Å². The maximum atomic E-state index is 14.7. The molecule has 2 aliphatic rings. The van der Waals surface area contributed by atoms with E-state index in [1.807, 2.05) is 6.92 Å². The van der Waals surface area contributed by atoms with Crippen LogP contribution < -0.4 is 10.6 Å². The molecule has 2 atom stereocenters. The van der Waals surface area contributed by atoms with Gasteiger partial charge in [0.15, 0.2) is 0 Å². The molecule has 0 unspecified atom stereocenters. The molecule has 2 aromatic heterocycles. The first-order chi connectivity index (χ1) is 17.3. The molecule has 0 spiro atoms. The largest absolute Gasteiger partial charge is 0.378 e. The summed E-state index contributed by atoms with van der Waals surface area (Å²) in [6.45, 7) is 5.68. The number of rotatable bonds is 7. The van der Waals surface area contributed by atoms with E-state index >= 15 is 0 Å². The first-order valence-electron chi connectivity index (χ1n) is 12.3. The molecule has 36 heavy (non-hydrogen) atoms. The van der Waals surface area contributed by atoms with Crippen molar-refractivity contribution >= 4 is 11.6 Å². The Balaban J connectivity index is 1.38. The third-order valence-corrected chi connectivity index (χ3v) is 6.85. The number of nitrogens with one attached hydrogen (secondary N) is 2. The smallest absolute Gasteiger partial charge is 0.254 e. The van der Waals surface area contributed by atoms with Gasteiger partial charge in [0.25, 0.3) is 5.91 Å². The Morgan fingerprint density at radius 3 is 2.69 bits per heavy atom. The van der Waals surface area contributed by atoms with Gasteiger partial charge in [-0.1, -0.05) is 6.92 Å². The van der Waals surface area contributed by atoms with Crippen molar-refractivity contribution in [2.75, 3.05) is 25.0 Å². The van der Waals surface area contributed by atoms with Gasteiger partial charge in [0.2, 0.25) is 5.95 Å². The summed E-state index contributed by atoms with van der Waals surface area (Å²) in [7, 11) is 0. The Kier molecular flexibility index (Phi) is 6.70. The van der Waals surface area contributed by atoms with Gasteiger partial charge >= 0.3 is 0 Å². The van der Waals surface area contributed by atoms with Gasteiger partial charge in [-0.3, -0.25) is 4.79 Å². The molecule has 1 saturated heterocycles. The van der Waals surface area contributed by atoms with E-state index in [1.165, 1.54) is 29.2 Å². The molecule has 1 aliphatic heterocycles. The van der Waals surface area contributed by atoms with Gasteiger partial charge in [-0.15, -0.1) is 0 Å². The van der Waals surface area contributed by atoms with Gasteiger partial charge in [-0.25, -0.2) is 18.4 Å². The monoisotopic (exact) mass is 498 g/mol. The molecule has 3 aromatic rings. The maximum Gasteiger partial charge on any atom is 0.254 e. The zero-order valence-corrected chi connectivity index (χ0v) is 20.3. The number of anilines is 1. The zero-order valence-electron chi connectivity index (χ0n) is 20.3. The maximum absolute atomic E-state index is 14.7. The van der Waals surface area contributed by atoms with Crippen LogP contribution in [0.2, 0.25) is 0 Å². The van der Waals surface area contributed by atoms with E-state index in [0.717, 1.165) is 25.9 Å². The van der Waals surface area contributed by atoms with Crippen molar-refractivity contribution < 1.29 is 18.0 Å². The zero-order chi connectivity index (χ0) is 25.4. The lowest BCUT2D eigenvalue weighted by Gasteiger charge is -2.34. The number of amides is 1. The Hall–Kier alpha value is -3.40. The Morgan fingerprint density at radius 1 is 1.17 bits per heavy atom. The van der Waals surface area contributed by atoms with E-state index in [0.29, 0.717) is 35.5 Å². The van der Waals surface area contributed by atoms with Gasteiger partial charge in [0.05, 0.1) is 35.4 Å². The van der Waals surface area contributed by atoms with E-state index in [1.54, 1.807) is 19.2 Å². The summed E-state index contributed by atoms with van der Waals surface area (Å²) in [5.74, 6) is -1.75. The lowest BCUT2D eigenvalue weighted by Crippen LogP contribution is -2.47. The lowest BCUT2D eigenvalue weighted by atomic mass is 10.0. The van der Waals surface area contributed by atoms with Crippen molar-refractivity contribution in [2.45, 2.75) is 51.4 Å². The summed E-state index contributed by atoms with van der Waals surface area (Å²) in [4.78, 5) is 18.4. The lowest BCUT2D eigenvalue weighted by molar-refractivity contribution is 0.0947. The molecule has 0 radical (unpaired) electrons. The van der Waals surface area contributed by atoms with Crippen LogP contribution in [0.4, 0.5) is 18.9 Å². The normalized spacial score (nSPS) is 20.4. The predicted molar refractivity (Wildman–Crippen MR) is 131 cm³/mol. The van der Waals surface area contributed by atoms with Gasteiger partial charge in [-0.2, -0.15) is 9.49 Å². The van der Waals surface area contributed by atoms with Crippen molar-refractivity contribution in [3.8, 4) is 16.8 Å². The number of aryl methyl sites for hydroxylation is 1. The second kappa shape index (κ2) is 9.93. The number of piperidine rings is 1. The van der Waals surface area contributed by atoms with Gasteiger partial charge in [0, 0.05) is 36.5 Å². The summed E-state index contributed by atoms with van der Waals surface area (Å²) in [6, 6.07) is 4.06. The van der Waals surface area contributed by atoms with Gasteiger partial charge in [-0.05, 0) is 56.5 Å². The molecule has 7 nitrogen and oxygen atoms in total. The molecule has 1 aromatic carbocycles. The van der Waals surface area contributed by atoms with Crippen LogP contribution in [0.15, 0.2) is 36.8 Å². The molecule has 5 rings (SSSR count). The average Bonchev–Trinajstić information content (AvgIpc) is 3.53. The summed E-state index contributed by atoms with van der Waals surface area (Å²) >= 11 is 0. The number of aromatic nitrogens is 3. The van der Waals surface area contributed by atoms with E-state index in [2.05, 4.69) is 25.6 Å². The molecule has 1 saturated carbocycles. The van der Waals surface area contributed by atoms with Crippen LogP contribution in [0, 0.1) is 18.7 Å². The third kappa shape index (κ3) is 5.09. The fraction of sp³-hybridized carbons (Fsp3) is 0.423. The van der Waals surface area contributed by atoms with E-state index in [-0.39, 0.29) is 23.2 Å². The van der Waals surface area contributed by atoms with E-state index < -0.39 is 23.8 Å². The van der Waals surface area contributed by atoms with Crippen LogP contribution in [0.5, 0.6) is 0 Å². The molecule has 1 amide bonds. The number of hydrogen-bond donors (Lipinski definition) is 2. The minimum Gasteiger partial charge on any atom is -0.378 e. The Morgan fingerprint density at radius 2 is 1.97 bits per heavy atom. The number of hydrogen-bond acceptors (Lipinski definition) is 5. The van der Waals surface area contributed by atoms with Crippen LogP contribution in [0.3, 0.4) is 0 Å². The number of carbonyl (C=O) groups is 1. The molecule has 190 valence electrons. The molecule has 2 fully saturated rings. The number of nitrogens with zero attached hydrogens (tertiary/aromatic N) is 4. The predicted octanol–water partition coefficient (Wildman–Crippen LogP) is 4.26. The van der Waals surface area contributed by atoms with Crippen molar-refractivity contribution in [3.63, 3.8) is 0 Å². The van der Waals surface area contributed by atoms with Crippen LogP contribution in [0.25, 0.3) is 16.8 Å². The number of halogens is 3. The highest BCUT2D eigenvalue weighted by Gasteiger charge is 2.29. The van der Waals surface area contributed by atoms with Crippen LogP contribution in [0.1, 0.15) is 42.1 Å². The molecule has 3 heterocycles. The average molecular weight is 499 g/mol. The van der Waals surface area contributed by atoms with Gasteiger partial charge < -0.3 is 15.5 Å². The molecule has 2 N–H and O–H groups in total. The number of alkyl halides is 1. The van der Waals surface area contributed by atoms with Crippen molar-refractivity contribution in [1.82, 2.24) is 25.0 Å². The number of likely N-dealkylation sites (tertiary alicyclic amines) is 1. The molecule has 1 aliphatic carbocycles. The van der Waals surface area contributed by atoms with E-state index in [4.69, 9.17) is 0 Å². The molecule has 10 heteroatoms. The van der Waals surface area contributed by atoms with Crippen molar-refractivity contribution in [2.24, 2.45) is 0 Å². The first-order valence-corrected chi connectivity index (χ1v) is 12.3. The second-order valence-corrected chi connectivity index (χ2v) is 9.55. The van der Waals surface area contributed by atoms with Crippen LogP contribution in [-0.4, -0.2) is 63.5 Å². The van der Waals surface area contributed by atoms with Crippen molar-refractivity contribution in [1.29, 1.82) is 0 Å². The molecule has 0 bridgehead atoms. The summed E-state index contributed by atoms with van der Waals surface area (Å²) in [5.41, 5.74) is 2.20. The Bertz CT molecular complexity index is 1270. The number of pyridine rings is 1. The Labute approximate surface area is 207 Å². The summed E-state index contributed by atoms with van der Waals surface area (Å²) in [6.07, 6.45) is 5.83. The minimum atomic E-state index is -1.04. The van der Waals surface area contributed by atoms with Crippen LogP contribution in [-0.2, 0) is 0 Å². The highest BCUT2D eigenvalue weighted by Crippen LogP contribution is 2.28. The summed E-state index contributed by atoms with van der Waals surface area (Å²) < 4.78 is 45.3. The number of carbonyl (C=O) groups excluding carboxylic acids is 1. The highest BCUT2D eigenvalue weighted by molar-refractivity contribution is 5.95. The highest BCUT2D eigenvalue weighted by atomic mass is 19.1. The first kappa shape index (κ1) is 24.3. The topological polar surface area (TPSA) is 75.1 Å². The second-order valence-electron chi connectivity index (χ2n) is 9.55. The number of benzene rings is 1. The van der Waals surface area contributed by atoms with Gasteiger partial charge in [0.1, 0.15) is 12.0 Å². The fourth-order valence-electron chi connectivity index (χ4n) is 4.53. The molecular weight excluding hydrogens is 469 g/mol. The van der Waals surface area contributed by atoms with Crippen LogP contribution >= 0.6 is 0 Å². The third-order valence-electron chi connectivity index (χ3n) is 6.85. The fourth-order valence-corrected chi connectivity index (χ4v) is 4.53. The SMILES string of the molecule is CCN1CC[C@H](Nc2cnc(F)c(-c3cnn(-c4cc(C(=O)NC5CC5)c(F)cc4C)c3)c2)[C@H](F)C1. The summed E-state index contributed by atoms with van der Waals surface area (Å²) in [5, 5.41) is 10.3. The van der Waals surface area contributed by atoms with Crippen molar-refractivity contribution in [3.05, 3.63) is 59.7 Å².